The summed E-state index contributed by atoms with van der Waals surface area (Å²) in [6.07, 6.45) is 0. The third-order valence-corrected chi connectivity index (χ3v) is 1.29. The van der Waals surface area contributed by atoms with E-state index in [1.807, 2.05) is 0 Å². The Morgan fingerprint density at radius 2 is 2.44 bits per heavy atom. The van der Waals surface area contributed by atoms with Crippen LogP contribution in [0.15, 0.2) is 28.6 Å². The van der Waals surface area contributed by atoms with E-state index in [4.69, 9.17) is 8.22 Å². The van der Waals surface area contributed by atoms with Crippen molar-refractivity contribution >= 4 is 15.9 Å². The van der Waals surface area contributed by atoms with Crippen molar-refractivity contribution in [3.05, 3.63) is 28.6 Å². The van der Waals surface area contributed by atoms with Crippen LogP contribution in [0.2, 0.25) is 0 Å². The first-order valence-corrected chi connectivity index (χ1v) is 2.92. The lowest BCUT2D eigenvalue weighted by Gasteiger charge is -1.99. The first kappa shape index (κ1) is 2.27. The van der Waals surface area contributed by atoms with E-state index >= 15 is 0 Å². The van der Waals surface area contributed by atoms with Gasteiger partial charge in [0.25, 0.3) is 0 Å². The van der Waals surface area contributed by atoms with Crippen LogP contribution < -0.4 is 4.74 Å². The van der Waals surface area contributed by atoms with Crippen molar-refractivity contribution in [2.24, 2.45) is 0 Å². The van der Waals surface area contributed by atoms with Gasteiger partial charge in [-0.05, 0) is 28.0 Å². The maximum atomic E-state index is 7.45. The van der Waals surface area contributed by atoms with E-state index in [1.165, 1.54) is 0 Å². The number of para-hydroxylation sites is 1. The molecule has 0 spiro atoms. The molecule has 0 unspecified atom stereocenters. The fraction of sp³-hybridized carbons (Fsp3) is 0.143. The van der Waals surface area contributed by atoms with Crippen LogP contribution in [0.5, 0.6) is 5.75 Å². The van der Waals surface area contributed by atoms with Gasteiger partial charge in [0.1, 0.15) is 5.75 Å². The Balaban J connectivity index is 3.39. The van der Waals surface area contributed by atoms with E-state index in [0.29, 0.717) is 0 Å². The number of hydrogen-bond acceptors (Lipinski definition) is 1. The zero-order chi connectivity index (χ0) is 11.7. The summed E-state index contributed by atoms with van der Waals surface area (Å²) in [6.45, 7) is 0. The highest BCUT2D eigenvalue weighted by Crippen LogP contribution is 2.22. The van der Waals surface area contributed by atoms with Crippen molar-refractivity contribution in [1.29, 1.82) is 0 Å². The van der Waals surface area contributed by atoms with E-state index < -0.39 is 19.1 Å². The number of halogens is 1. The maximum absolute atomic E-state index is 7.45. The molecule has 2 heteroatoms. The summed E-state index contributed by atoms with van der Waals surface area (Å²) >= 11 is 2.94. The summed E-state index contributed by atoms with van der Waals surface area (Å²) in [7, 11) is -1.64. The highest BCUT2D eigenvalue weighted by molar-refractivity contribution is 9.10. The number of rotatable bonds is 1. The van der Waals surface area contributed by atoms with Crippen molar-refractivity contribution < 1.29 is 13.0 Å². The highest BCUT2D eigenvalue weighted by atomic mass is 79.9. The van der Waals surface area contributed by atoms with Crippen molar-refractivity contribution in [3.8, 4) is 5.75 Å². The third kappa shape index (κ3) is 1.45. The highest BCUT2D eigenvalue weighted by Gasteiger charge is 1.92. The molecule has 1 aromatic rings. The van der Waals surface area contributed by atoms with Crippen LogP contribution in [0.1, 0.15) is 8.22 Å². The Labute approximate surface area is 71.2 Å². The fourth-order valence-corrected chi connectivity index (χ4v) is 0.659. The molecule has 0 saturated carbocycles. The summed E-state index contributed by atoms with van der Waals surface area (Å²) in [5.41, 5.74) is 0. The molecule has 0 fully saturated rings. The average Bonchev–Trinajstić information content (AvgIpc) is 2.18. The SMILES string of the molecule is [2H]c1c([2H])c([2H])c(OC([2H])[2H])c(Br)c1[2H]. The molecule has 1 aromatic carbocycles. The Morgan fingerprint density at radius 3 is 3.22 bits per heavy atom. The van der Waals surface area contributed by atoms with E-state index in [1.54, 1.807) is 0 Å². The summed E-state index contributed by atoms with van der Waals surface area (Å²) < 4.78 is 48.0. The van der Waals surface area contributed by atoms with E-state index in [9.17, 15) is 0 Å². The first-order chi connectivity index (χ1) is 6.86. The number of hydrogen-bond donors (Lipinski definition) is 0. The van der Waals surface area contributed by atoms with E-state index in [0.717, 1.165) is 0 Å². The first-order valence-electron chi connectivity index (χ1n) is 5.28. The molecule has 1 nitrogen and oxygen atoms in total. The molecule has 0 aromatic heterocycles. The Hall–Kier alpha value is -0.500. The minimum Gasteiger partial charge on any atom is -0.496 e. The molecule has 0 aliphatic heterocycles. The van der Waals surface area contributed by atoms with E-state index in [2.05, 4.69) is 20.7 Å². The molecule has 0 radical (unpaired) electrons. The van der Waals surface area contributed by atoms with Crippen LogP contribution in [-0.2, 0) is 0 Å². The molecule has 0 atom stereocenters. The molecule has 0 aliphatic rings. The van der Waals surface area contributed by atoms with Crippen molar-refractivity contribution in [3.63, 3.8) is 0 Å². The van der Waals surface area contributed by atoms with Crippen molar-refractivity contribution in [2.75, 3.05) is 7.06 Å². The van der Waals surface area contributed by atoms with Crippen molar-refractivity contribution in [2.45, 2.75) is 0 Å². The second kappa shape index (κ2) is 2.87. The molecular weight excluding hydrogens is 180 g/mol. The van der Waals surface area contributed by atoms with Gasteiger partial charge in [0, 0.05) is 0 Å². The van der Waals surface area contributed by atoms with Gasteiger partial charge in [0.2, 0.25) is 0 Å². The molecule has 48 valence electrons. The zero-order valence-electron chi connectivity index (χ0n) is 10.4. The fourth-order valence-electron chi connectivity index (χ4n) is 0.367. The monoisotopic (exact) mass is 192 g/mol. The normalized spacial score (nSPS) is 18.9. The summed E-state index contributed by atoms with van der Waals surface area (Å²) in [6, 6.07) is -1.51. The Morgan fingerprint density at radius 1 is 1.67 bits per heavy atom. The van der Waals surface area contributed by atoms with Gasteiger partial charge >= 0.3 is 0 Å². The van der Waals surface area contributed by atoms with E-state index in [-0.39, 0.29) is 22.3 Å². The molecule has 0 saturated heterocycles. The quantitative estimate of drug-likeness (QED) is 0.665. The molecular formula is C7H7BrO. The lowest BCUT2D eigenvalue weighted by atomic mass is 10.3. The molecule has 0 heterocycles. The van der Waals surface area contributed by atoms with Crippen LogP contribution >= 0.6 is 15.9 Å². The largest absolute Gasteiger partial charge is 0.496 e. The second-order valence-corrected chi connectivity index (χ2v) is 2.05. The number of methoxy groups -OCH3 is 1. The van der Waals surface area contributed by atoms with Crippen LogP contribution in [0.3, 0.4) is 0 Å². The molecule has 9 heavy (non-hydrogen) atoms. The smallest absolute Gasteiger partial charge is 0.133 e. The lowest BCUT2D eigenvalue weighted by Crippen LogP contribution is -1.81. The standard InChI is InChI=1S/C7H7BrO/c1-9-7-5-3-2-4-6(7)8/h2-5H,1H3/i1D2,2D,3D,4D,5D. The predicted molar refractivity (Wildman–Crippen MR) is 40.7 cm³/mol. The molecule has 0 bridgehead atoms. The van der Waals surface area contributed by atoms with Gasteiger partial charge in [0.15, 0.2) is 0 Å². The van der Waals surface area contributed by atoms with Gasteiger partial charge in [0.05, 0.1) is 19.8 Å². The Kier molecular flexibility index (Phi) is 0.726. The van der Waals surface area contributed by atoms with Gasteiger partial charge in [-0.15, -0.1) is 0 Å². The molecule has 0 amide bonds. The topological polar surface area (TPSA) is 9.23 Å². The van der Waals surface area contributed by atoms with Crippen LogP contribution in [0, 0.1) is 0 Å². The lowest BCUT2D eigenvalue weighted by molar-refractivity contribution is 0.412. The third-order valence-electron chi connectivity index (χ3n) is 0.728. The minimum absolute atomic E-state index is 0.0259. The summed E-state index contributed by atoms with van der Waals surface area (Å²) in [4.78, 5) is 0. The van der Waals surface area contributed by atoms with Crippen LogP contribution in [0.25, 0.3) is 0 Å². The summed E-state index contributed by atoms with van der Waals surface area (Å²) in [5, 5.41) is 0. The van der Waals surface area contributed by atoms with Gasteiger partial charge in [-0.25, -0.2) is 0 Å². The van der Waals surface area contributed by atoms with Crippen LogP contribution in [0.4, 0.5) is 0 Å². The van der Waals surface area contributed by atoms with Gasteiger partial charge in [-0.3, -0.25) is 0 Å². The van der Waals surface area contributed by atoms with Gasteiger partial charge in [-0.1, -0.05) is 12.1 Å². The molecule has 0 N–H and O–H groups in total. The Bertz CT molecular complexity index is 365. The molecule has 1 rings (SSSR count). The second-order valence-electron chi connectivity index (χ2n) is 1.26. The predicted octanol–water partition coefficient (Wildman–Crippen LogP) is 2.46. The number of benzene rings is 1. The summed E-state index contributed by atoms with van der Waals surface area (Å²) in [5.74, 6) is -0.212. The minimum atomic E-state index is -1.64. The zero-order valence-corrected chi connectivity index (χ0v) is 5.95. The van der Waals surface area contributed by atoms with Crippen LogP contribution in [-0.4, -0.2) is 7.06 Å². The maximum Gasteiger partial charge on any atom is 0.133 e. The van der Waals surface area contributed by atoms with Crippen molar-refractivity contribution in [1.82, 2.24) is 0 Å². The number of ether oxygens (including phenoxy) is 1. The molecule has 0 aliphatic carbocycles. The van der Waals surface area contributed by atoms with Gasteiger partial charge in [-0.2, -0.15) is 0 Å². The van der Waals surface area contributed by atoms with Gasteiger partial charge < -0.3 is 4.74 Å². The average molecular weight is 193 g/mol.